The Morgan fingerprint density at radius 3 is 2.76 bits per heavy atom. The molecular formula is C25H24N2O2. The molecule has 2 aromatic carbocycles. The molecule has 1 aliphatic carbocycles. The van der Waals surface area contributed by atoms with Gasteiger partial charge in [-0.05, 0) is 53.8 Å². The van der Waals surface area contributed by atoms with Crippen LogP contribution in [0.4, 0.5) is 0 Å². The zero-order chi connectivity index (χ0) is 20.1. The zero-order valence-electron chi connectivity index (χ0n) is 16.5. The Morgan fingerprint density at radius 1 is 1.14 bits per heavy atom. The number of aryl methyl sites for hydroxylation is 1. The number of fused-ring (bicyclic) bond motifs is 1. The van der Waals surface area contributed by atoms with Crippen molar-refractivity contribution in [1.82, 2.24) is 9.88 Å². The number of amides is 1. The third-order valence-corrected chi connectivity index (χ3v) is 5.34. The lowest BCUT2D eigenvalue weighted by Gasteiger charge is -2.24. The standard InChI is InChI=1S/C25H24N2O2/c1-27(24-14-11-21-6-2-3-7-23(21)24)25(28)15-10-19-8-12-22(13-9-19)29-18-20-5-4-16-26-17-20/h2-10,12-13,15-17,24H,11,14,18H2,1H3/b15-10+. The maximum atomic E-state index is 12.6. The monoisotopic (exact) mass is 384 g/mol. The van der Waals surface area contributed by atoms with E-state index in [4.69, 9.17) is 4.74 Å². The summed E-state index contributed by atoms with van der Waals surface area (Å²) in [5.41, 5.74) is 4.61. The van der Waals surface area contributed by atoms with Crippen molar-refractivity contribution in [2.75, 3.05) is 7.05 Å². The van der Waals surface area contributed by atoms with Crippen molar-refractivity contribution >= 4 is 12.0 Å². The first-order chi connectivity index (χ1) is 14.2. The SMILES string of the molecule is CN(C(=O)/C=C/c1ccc(OCc2cccnc2)cc1)C1CCc2ccccc21. The molecule has 4 nitrogen and oxygen atoms in total. The van der Waals surface area contributed by atoms with Crippen molar-refractivity contribution in [3.05, 3.63) is 101 Å². The highest BCUT2D eigenvalue weighted by Gasteiger charge is 2.27. The number of carbonyl (C=O) groups is 1. The van der Waals surface area contributed by atoms with Gasteiger partial charge in [-0.25, -0.2) is 0 Å². The summed E-state index contributed by atoms with van der Waals surface area (Å²) in [6.07, 6.45) is 9.05. The van der Waals surface area contributed by atoms with Gasteiger partial charge in [0.15, 0.2) is 0 Å². The predicted molar refractivity (Wildman–Crippen MR) is 114 cm³/mol. The van der Waals surface area contributed by atoms with Crippen LogP contribution in [-0.2, 0) is 17.8 Å². The van der Waals surface area contributed by atoms with Crippen LogP contribution in [0, 0.1) is 0 Å². The Labute approximate surface area is 171 Å². The van der Waals surface area contributed by atoms with Crippen LogP contribution in [0.3, 0.4) is 0 Å². The number of hydrogen-bond acceptors (Lipinski definition) is 3. The summed E-state index contributed by atoms with van der Waals surface area (Å²) in [7, 11) is 1.88. The van der Waals surface area contributed by atoms with Crippen molar-refractivity contribution in [2.45, 2.75) is 25.5 Å². The first-order valence-electron chi connectivity index (χ1n) is 9.85. The van der Waals surface area contributed by atoms with E-state index in [2.05, 4.69) is 23.2 Å². The van der Waals surface area contributed by atoms with Gasteiger partial charge in [0.2, 0.25) is 5.91 Å². The highest BCUT2D eigenvalue weighted by Crippen LogP contribution is 2.34. The van der Waals surface area contributed by atoms with E-state index < -0.39 is 0 Å². The minimum absolute atomic E-state index is 0.0172. The molecule has 1 atom stereocenters. The molecule has 0 spiro atoms. The predicted octanol–water partition coefficient (Wildman–Crippen LogP) is 4.82. The molecular weight excluding hydrogens is 360 g/mol. The van der Waals surface area contributed by atoms with Crippen molar-refractivity contribution in [1.29, 1.82) is 0 Å². The maximum Gasteiger partial charge on any atom is 0.246 e. The Bertz CT molecular complexity index is 997. The lowest BCUT2D eigenvalue weighted by molar-refractivity contribution is -0.126. The van der Waals surface area contributed by atoms with Crippen LogP contribution < -0.4 is 4.74 Å². The average molecular weight is 384 g/mol. The number of hydrogen-bond donors (Lipinski definition) is 0. The van der Waals surface area contributed by atoms with Gasteiger partial charge >= 0.3 is 0 Å². The maximum absolute atomic E-state index is 12.6. The van der Waals surface area contributed by atoms with Gasteiger partial charge in [0, 0.05) is 31.1 Å². The number of rotatable bonds is 6. The smallest absolute Gasteiger partial charge is 0.246 e. The van der Waals surface area contributed by atoms with E-state index in [-0.39, 0.29) is 11.9 Å². The van der Waals surface area contributed by atoms with E-state index >= 15 is 0 Å². The topological polar surface area (TPSA) is 42.4 Å². The third kappa shape index (κ3) is 4.54. The molecule has 1 aliphatic rings. The molecule has 0 aliphatic heterocycles. The Morgan fingerprint density at radius 2 is 1.97 bits per heavy atom. The van der Waals surface area contributed by atoms with Gasteiger partial charge in [0.05, 0.1) is 6.04 Å². The molecule has 1 aromatic heterocycles. The van der Waals surface area contributed by atoms with E-state index in [1.165, 1.54) is 11.1 Å². The minimum Gasteiger partial charge on any atom is -0.489 e. The second-order valence-electron chi connectivity index (χ2n) is 7.25. The van der Waals surface area contributed by atoms with Gasteiger partial charge in [0.25, 0.3) is 0 Å². The average Bonchev–Trinajstić information content (AvgIpc) is 3.21. The molecule has 0 saturated carbocycles. The number of carbonyl (C=O) groups excluding carboxylic acids is 1. The van der Waals surface area contributed by atoms with E-state index in [1.54, 1.807) is 18.5 Å². The molecule has 0 radical (unpaired) electrons. The van der Waals surface area contributed by atoms with Gasteiger partial charge in [-0.15, -0.1) is 0 Å². The molecule has 0 fully saturated rings. The molecule has 4 rings (SSSR count). The molecule has 146 valence electrons. The van der Waals surface area contributed by atoms with Gasteiger partial charge in [-0.1, -0.05) is 42.5 Å². The fourth-order valence-electron chi connectivity index (χ4n) is 3.70. The van der Waals surface area contributed by atoms with Gasteiger partial charge in [-0.3, -0.25) is 9.78 Å². The zero-order valence-corrected chi connectivity index (χ0v) is 16.5. The summed E-state index contributed by atoms with van der Waals surface area (Å²) in [5, 5.41) is 0. The van der Waals surface area contributed by atoms with Crippen molar-refractivity contribution < 1.29 is 9.53 Å². The number of likely N-dealkylation sites (N-methyl/N-ethyl adjacent to an activating group) is 1. The van der Waals surface area contributed by atoms with Crippen molar-refractivity contribution in [3.63, 3.8) is 0 Å². The highest BCUT2D eigenvalue weighted by atomic mass is 16.5. The lowest BCUT2D eigenvalue weighted by Crippen LogP contribution is -2.28. The van der Waals surface area contributed by atoms with E-state index in [1.807, 2.05) is 60.5 Å². The molecule has 1 unspecified atom stereocenters. The van der Waals surface area contributed by atoms with Crippen LogP contribution >= 0.6 is 0 Å². The number of ether oxygens (including phenoxy) is 1. The van der Waals surface area contributed by atoms with Crippen LogP contribution in [0.5, 0.6) is 5.75 Å². The second-order valence-corrected chi connectivity index (χ2v) is 7.25. The minimum atomic E-state index is 0.0172. The molecule has 1 heterocycles. The van der Waals surface area contributed by atoms with Crippen LogP contribution in [0.1, 0.15) is 34.7 Å². The first-order valence-corrected chi connectivity index (χ1v) is 9.85. The molecule has 0 bridgehead atoms. The molecule has 4 heteroatoms. The van der Waals surface area contributed by atoms with Crippen LogP contribution in [0.15, 0.2) is 79.1 Å². The van der Waals surface area contributed by atoms with E-state index in [9.17, 15) is 4.79 Å². The van der Waals surface area contributed by atoms with Crippen LogP contribution in [-0.4, -0.2) is 22.8 Å². The molecule has 0 saturated heterocycles. The Hall–Kier alpha value is -3.40. The van der Waals surface area contributed by atoms with Crippen LogP contribution in [0.25, 0.3) is 6.08 Å². The largest absolute Gasteiger partial charge is 0.489 e. The fourth-order valence-corrected chi connectivity index (χ4v) is 3.70. The van der Waals surface area contributed by atoms with Gasteiger partial charge in [-0.2, -0.15) is 0 Å². The van der Waals surface area contributed by atoms with Crippen LogP contribution in [0.2, 0.25) is 0 Å². The molecule has 3 aromatic rings. The van der Waals surface area contributed by atoms with Gasteiger partial charge in [0.1, 0.15) is 12.4 Å². The Kier molecular flexibility index (Phi) is 5.71. The number of benzene rings is 2. The number of aromatic nitrogens is 1. The number of pyridine rings is 1. The summed E-state index contributed by atoms with van der Waals surface area (Å²) in [5.74, 6) is 0.806. The van der Waals surface area contributed by atoms with E-state index in [0.29, 0.717) is 6.61 Å². The molecule has 1 amide bonds. The third-order valence-electron chi connectivity index (χ3n) is 5.34. The van der Waals surface area contributed by atoms with Crippen molar-refractivity contribution in [2.24, 2.45) is 0 Å². The summed E-state index contributed by atoms with van der Waals surface area (Å²) >= 11 is 0. The summed E-state index contributed by atoms with van der Waals surface area (Å²) in [6.45, 7) is 0.481. The lowest BCUT2D eigenvalue weighted by atomic mass is 10.1. The quantitative estimate of drug-likeness (QED) is 0.572. The first kappa shape index (κ1) is 18.9. The summed E-state index contributed by atoms with van der Waals surface area (Å²) in [6, 6.07) is 20.2. The summed E-state index contributed by atoms with van der Waals surface area (Å²) in [4.78, 5) is 18.6. The van der Waals surface area contributed by atoms with Gasteiger partial charge < -0.3 is 9.64 Å². The fraction of sp³-hybridized carbons (Fsp3) is 0.200. The van der Waals surface area contributed by atoms with E-state index in [0.717, 1.165) is 29.7 Å². The highest BCUT2D eigenvalue weighted by molar-refractivity contribution is 5.92. The van der Waals surface area contributed by atoms with Crippen molar-refractivity contribution in [3.8, 4) is 5.75 Å². The molecule has 0 N–H and O–H groups in total. The Balaban J connectivity index is 1.34. The number of nitrogens with zero attached hydrogens (tertiary/aromatic N) is 2. The second kappa shape index (κ2) is 8.74. The molecule has 29 heavy (non-hydrogen) atoms. The normalized spacial score (nSPS) is 15.3. The summed E-state index contributed by atoms with van der Waals surface area (Å²) < 4.78 is 5.77.